The Balaban J connectivity index is 2.11. The Morgan fingerprint density at radius 3 is 2.55 bits per heavy atom. The fourth-order valence-corrected chi connectivity index (χ4v) is 3.65. The van der Waals surface area contributed by atoms with Gasteiger partial charge in [0.1, 0.15) is 11.6 Å². The zero-order valence-electron chi connectivity index (χ0n) is 13.2. The van der Waals surface area contributed by atoms with Crippen LogP contribution in [0.25, 0.3) is 0 Å². The second-order valence-corrected chi connectivity index (χ2v) is 7.84. The molecular formula is C16H27N3S. The molecule has 0 aliphatic heterocycles. The highest BCUT2D eigenvalue weighted by molar-refractivity contribution is 7.99. The van der Waals surface area contributed by atoms with Crippen molar-refractivity contribution >= 4 is 17.6 Å². The van der Waals surface area contributed by atoms with Crippen molar-refractivity contribution in [3.63, 3.8) is 0 Å². The molecule has 0 unspecified atom stereocenters. The van der Waals surface area contributed by atoms with Crippen molar-refractivity contribution in [3.05, 3.63) is 17.6 Å². The number of nitrogens with zero attached hydrogens (tertiary/aromatic N) is 2. The van der Waals surface area contributed by atoms with Crippen molar-refractivity contribution in [3.8, 4) is 0 Å². The lowest BCUT2D eigenvalue weighted by molar-refractivity contribution is 0.564. The molecule has 1 aromatic heterocycles. The van der Waals surface area contributed by atoms with Crippen molar-refractivity contribution < 1.29 is 0 Å². The first kappa shape index (κ1) is 15.6. The van der Waals surface area contributed by atoms with Crippen LogP contribution >= 0.6 is 11.8 Å². The maximum atomic E-state index is 4.78. The molecular weight excluding hydrogens is 266 g/mol. The summed E-state index contributed by atoms with van der Waals surface area (Å²) in [6, 6.07) is 2.09. The summed E-state index contributed by atoms with van der Waals surface area (Å²) in [6.45, 7) is 9.62. The Labute approximate surface area is 127 Å². The Hall–Kier alpha value is -0.770. The highest BCUT2D eigenvalue weighted by Crippen LogP contribution is 2.31. The van der Waals surface area contributed by atoms with E-state index in [1.807, 2.05) is 11.8 Å². The zero-order valence-corrected chi connectivity index (χ0v) is 14.0. The molecule has 0 amide bonds. The van der Waals surface area contributed by atoms with E-state index in [9.17, 15) is 0 Å². The molecule has 0 saturated heterocycles. The average molecular weight is 293 g/mol. The second-order valence-electron chi connectivity index (χ2n) is 6.55. The van der Waals surface area contributed by atoms with Gasteiger partial charge in [-0.25, -0.2) is 9.97 Å². The van der Waals surface area contributed by atoms with Crippen LogP contribution < -0.4 is 5.32 Å². The van der Waals surface area contributed by atoms with Crippen LogP contribution in [0.1, 0.15) is 64.9 Å². The van der Waals surface area contributed by atoms with E-state index in [1.54, 1.807) is 0 Å². The van der Waals surface area contributed by atoms with Crippen LogP contribution in [-0.4, -0.2) is 21.8 Å². The molecule has 1 aromatic rings. The van der Waals surface area contributed by atoms with E-state index in [-0.39, 0.29) is 5.41 Å². The quantitative estimate of drug-likeness (QED) is 0.874. The molecule has 0 spiro atoms. The van der Waals surface area contributed by atoms with E-state index in [1.165, 1.54) is 25.7 Å². The van der Waals surface area contributed by atoms with Crippen LogP contribution in [0.2, 0.25) is 0 Å². The number of hydrogen-bond donors (Lipinski definition) is 1. The van der Waals surface area contributed by atoms with Crippen molar-refractivity contribution in [2.45, 2.75) is 69.8 Å². The first-order valence-electron chi connectivity index (χ1n) is 7.73. The van der Waals surface area contributed by atoms with Gasteiger partial charge in [-0.1, -0.05) is 33.6 Å². The highest BCUT2D eigenvalue weighted by Gasteiger charge is 2.19. The van der Waals surface area contributed by atoms with Gasteiger partial charge in [-0.05, 0) is 19.8 Å². The maximum absolute atomic E-state index is 4.78. The Morgan fingerprint density at radius 1 is 1.25 bits per heavy atom. The lowest BCUT2D eigenvalue weighted by atomic mass is 9.92. The van der Waals surface area contributed by atoms with Gasteiger partial charge in [-0.3, -0.25) is 0 Å². The number of rotatable bonds is 5. The molecule has 1 aliphatic carbocycles. The van der Waals surface area contributed by atoms with Gasteiger partial charge in [-0.15, -0.1) is 0 Å². The Bertz CT molecular complexity index is 434. The molecule has 3 nitrogen and oxygen atoms in total. The van der Waals surface area contributed by atoms with E-state index in [0.29, 0.717) is 0 Å². The summed E-state index contributed by atoms with van der Waals surface area (Å²) >= 11 is 2.03. The topological polar surface area (TPSA) is 37.8 Å². The van der Waals surface area contributed by atoms with Gasteiger partial charge in [0, 0.05) is 23.3 Å². The van der Waals surface area contributed by atoms with E-state index >= 15 is 0 Å². The van der Waals surface area contributed by atoms with Crippen molar-refractivity contribution in [2.75, 3.05) is 11.9 Å². The number of thioether (sulfide) groups is 1. The molecule has 0 aromatic carbocycles. The number of anilines is 1. The van der Waals surface area contributed by atoms with Gasteiger partial charge in [0.2, 0.25) is 0 Å². The first-order valence-corrected chi connectivity index (χ1v) is 8.78. The molecule has 1 N–H and O–H groups in total. The third-order valence-corrected chi connectivity index (χ3v) is 5.02. The zero-order chi connectivity index (χ0) is 14.6. The third-order valence-electron chi connectivity index (χ3n) is 3.65. The van der Waals surface area contributed by atoms with Crippen LogP contribution in [0, 0.1) is 0 Å². The van der Waals surface area contributed by atoms with Gasteiger partial charge in [-0.2, -0.15) is 11.8 Å². The highest BCUT2D eigenvalue weighted by atomic mass is 32.2. The summed E-state index contributed by atoms with van der Waals surface area (Å²) in [4.78, 5) is 9.43. The molecule has 112 valence electrons. The molecule has 1 saturated carbocycles. The normalized spacial score (nSPS) is 16.6. The fraction of sp³-hybridized carbons (Fsp3) is 0.750. The minimum absolute atomic E-state index is 0.0693. The summed E-state index contributed by atoms with van der Waals surface area (Å²) in [5.41, 5.74) is 1.20. The third kappa shape index (κ3) is 4.37. The minimum atomic E-state index is 0.0693. The minimum Gasteiger partial charge on any atom is -0.370 e. The predicted octanol–water partition coefficient (Wildman–Crippen LogP) is 4.38. The summed E-state index contributed by atoms with van der Waals surface area (Å²) in [6.07, 6.45) is 5.51. The van der Waals surface area contributed by atoms with Crippen molar-refractivity contribution in [2.24, 2.45) is 0 Å². The predicted molar refractivity (Wildman–Crippen MR) is 88.4 cm³/mol. The molecule has 2 rings (SSSR count). The van der Waals surface area contributed by atoms with Crippen LogP contribution in [0.5, 0.6) is 0 Å². The molecule has 1 heterocycles. The Morgan fingerprint density at radius 2 is 1.95 bits per heavy atom. The van der Waals surface area contributed by atoms with Crippen molar-refractivity contribution in [1.29, 1.82) is 0 Å². The Kier molecular flexibility index (Phi) is 5.30. The summed E-state index contributed by atoms with van der Waals surface area (Å²) in [7, 11) is 0. The summed E-state index contributed by atoms with van der Waals surface area (Å²) in [5.74, 6) is 2.88. The van der Waals surface area contributed by atoms with E-state index < -0.39 is 0 Å². The number of hydrogen-bond acceptors (Lipinski definition) is 4. The lowest BCUT2D eigenvalue weighted by Gasteiger charge is -2.20. The monoisotopic (exact) mass is 293 g/mol. The standard InChI is InChI=1S/C16H27N3S/c1-5-17-14-10-13(16(2,3)4)18-15(19-14)11-20-12-8-6-7-9-12/h10,12H,5-9,11H2,1-4H3,(H,17,18,19). The van der Waals surface area contributed by atoms with E-state index in [2.05, 4.69) is 44.1 Å². The molecule has 4 heteroatoms. The first-order chi connectivity index (χ1) is 9.49. The van der Waals surface area contributed by atoms with Crippen LogP contribution in [0.3, 0.4) is 0 Å². The van der Waals surface area contributed by atoms with Crippen molar-refractivity contribution in [1.82, 2.24) is 9.97 Å². The second kappa shape index (κ2) is 6.79. The summed E-state index contributed by atoms with van der Waals surface area (Å²) in [5, 5.41) is 4.15. The van der Waals surface area contributed by atoms with Crippen LogP contribution in [0.4, 0.5) is 5.82 Å². The fourth-order valence-electron chi connectivity index (χ4n) is 2.46. The lowest BCUT2D eigenvalue weighted by Crippen LogP contribution is -2.17. The molecule has 1 aliphatic rings. The number of aromatic nitrogens is 2. The van der Waals surface area contributed by atoms with Gasteiger partial charge in [0.25, 0.3) is 0 Å². The SMILES string of the molecule is CCNc1cc(C(C)(C)C)nc(CSC2CCCC2)n1. The molecule has 0 atom stereocenters. The smallest absolute Gasteiger partial charge is 0.140 e. The van der Waals surface area contributed by atoms with Gasteiger partial charge in [0.05, 0.1) is 11.4 Å². The van der Waals surface area contributed by atoms with Crippen LogP contribution in [-0.2, 0) is 11.2 Å². The van der Waals surface area contributed by atoms with Gasteiger partial charge in [0.15, 0.2) is 0 Å². The molecule has 1 fully saturated rings. The summed E-state index contributed by atoms with van der Waals surface area (Å²) < 4.78 is 0. The average Bonchev–Trinajstić information content (AvgIpc) is 2.88. The largest absolute Gasteiger partial charge is 0.370 e. The molecule has 0 radical (unpaired) electrons. The number of nitrogens with one attached hydrogen (secondary N) is 1. The van der Waals surface area contributed by atoms with Gasteiger partial charge >= 0.3 is 0 Å². The van der Waals surface area contributed by atoms with E-state index in [0.717, 1.165) is 34.9 Å². The van der Waals surface area contributed by atoms with Crippen LogP contribution in [0.15, 0.2) is 6.07 Å². The molecule has 20 heavy (non-hydrogen) atoms. The maximum Gasteiger partial charge on any atom is 0.140 e. The molecule has 0 bridgehead atoms. The van der Waals surface area contributed by atoms with E-state index in [4.69, 9.17) is 4.98 Å². The van der Waals surface area contributed by atoms with Gasteiger partial charge < -0.3 is 5.32 Å².